The fourth-order valence-electron chi connectivity index (χ4n) is 1.28. The van der Waals surface area contributed by atoms with Crippen LogP contribution in [-0.4, -0.2) is 39.8 Å². The van der Waals surface area contributed by atoms with E-state index in [4.69, 9.17) is 0 Å². The van der Waals surface area contributed by atoms with Crippen LogP contribution in [0.2, 0.25) is 0 Å². The Morgan fingerprint density at radius 3 is 2.09 bits per heavy atom. The summed E-state index contributed by atoms with van der Waals surface area (Å²) in [6.07, 6.45) is 0. The van der Waals surface area contributed by atoms with Gasteiger partial charge in [0.15, 0.2) is 0 Å². The molecule has 0 aliphatic carbocycles. The molecule has 1 aliphatic rings. The number of benzene rings is 1. The maximum atomic E-state index is 11.6. The molecule has 6 nitrogen and oxygen atoms in total. The topological polar surface area (TPSA) is 92.3 Å². The molecule has 120 valence electrons. The van der Waals surface area contributed by atoms with Crippen LogP contribution in [0.3, 0.4) is 0 Å². The van der Waals surface area contributed by atoms with E-state index in [1.807, 2.05) is 0 Å². The lowest BCUT2D eigenvalue weighted by molar-refractivity contribution is 0.108. The average molecular weight is 379 g/mol. The van der Waals surface area contributed by atoms with Gasteiger partial charge in [-0.15, -0.1) is 0 Å². The van der Waals surface area contributed by atoms with Gasteiger partial charge in [0.2, 0.25) is 5.12 Å². The second-order valence-electron chi connectivity index (χ2n) is 3.72. The standard InChI is InChI=1S/C8H6O2S2.C4H8N2O2S2/c1-12(10)7-5-3-2-4-6(7)8(9)11-12;1-5-3(7)9-10-4(8)6-2/h2-5H,1H2;1-2H3,(H,5,7)(H,6,8). The molecule has 1 heterocycles. The van der Waals surface area contributed by atoms with E-state index >= 15 is 0 Å². The SMILES string of the molecule is C=S1(=O)SC(=O)c2ccccc21.CNC(=O)SSC(=O)NC. The Morgan fingerprint density at radius 1 is 1.14 bits per heavy atom. The largest absolute Gasteiger partial charge is 0.349 e. The normalized spacial score (nSPS) is 18.7. The van der Waals surface area contributed by atoms with Crippen molar-refractivity contribution in [3.05, 3.63) is 29.8 Å². The molecule has 10 heteroatoms. The zero-order valence-electron chi connectivity index (χ0n) is 11.8. The molecule has 2 amide bonds. The van der Waals surface area contributed by atoms with Crippen LogP contribution in [0.1, 0.15) is 10.4 Å². The molecule has 0 radical (unpaired) electrons. The van der Waals surface area contributed by atoms with Gasteiger partial charge in [0, 0.05) is 52.0 Å². The summed E-state index contributed by atoms with van der Waals surface area (Å²) in [5, 5.41) is 4.15. The molecule has 1 unspecified atom stereocenters. The van der Waals surface area contributed by atoms with Crippen molar-refractivity contribution in [3.8, 4) is 0 Å². The van der Waals surface area contributed by atoms with E-state index in [2.05, 4.69) is 16.5 Å². The molecule has 1 aliphatic heterocycles. The Hall–Kier alpha value is -1.10. The molecule has 22 heavy (non-hydrogen) atoms. The fourth-order valence-corrected chi connectivity index (χ4v) is 5.71. The van der Waals surface area contributed by atoms with Gasteiger partial charge < -0.3 is 10.6 Å². The minimum absolute atomic E-state index is 0.134. The molecule has 0 aromatic heterocycles. The van der Waals surface area contributed by atoms with Crippen molar-refractivity contribution < 1.29 is 18.6 Å². The maximum absolute atomic E-state index is 11.6. The first-order valence-electron chi connectivity index (χ1n) is 5.79. The Bertz CT molecular complexity index is 672. The minimum atomic E-state index is -2.39. The average Bonchev–Trinajstić information content (AvgIpc) is 2.75. The van der Waals surface area contributed by atoms with Crippen LogP contribution in [0, 0.1) is 0 Å². The highest BCUT2D eigenvalue weighted by Gasteiger charge is 2.28. The molecule has 1 aromatic rings. The lowest BCUT2D eigenvalue weighted by Crippen LogP contribution is -2.13. The highest BCUT2D eigenvalue weighted by Crippen LogP contribution is 2.37. The van der Waals surface area contributed by atoms with E-state index in [9.17, 15) is 18.6 Å². The number of hydrogen-bond donors (Lipinski definition) is 2. The van der Waals surface area contributed by atoms with Crippen molar-refractivity contribution >= 4 is 62.4 Å². The summed E-state index contributed by atoms with van der Waals surface area (Å²) < 4.78 is 11.6. The van der Waals surface area contributed by atoms with Crippen molar-refractivity contribution in [3.63, 3.8) is 0 Å². The molecular formula is C12H14N2O4S4. The number of rotatable bonds is 0. The van der Waals surface area contributed by atoms with Crippen LogP contribution < -0.4 is 10.6 Å². The van der Waals surface area contributed by atoms with Gasteiger partial charge in [-0.25, -0.2) is 0 Å². The molecular weight excluding hydrogens is 364 g/mol. The lowest BCUT2D eigenvalue weighted by Gasteiger charge is -1.95. The molecule has 2 rings (SSSR count). The third-order valence-electron chi connectivity index (χ3n) is 2.25. The first kappa shape index (κ1) is 18.9. The van der Waals surface area contributed by atoms with Crippen LogP contribution in [0.4, 0.5) is 9.59 Å². The summed E-state index contributed by atoms with van der Waals surface area (Å²) in [6.45, 7) is 0. The summed E-state index contributed by atoms with van der Waals surface area (Å²) >= 11 is 0. The van der Waals surface area contributed by atoms with E-state index in [0.717, 1.165) is 32.4 Å². The van der Waals surface area contributed by atoms with E-state index in [1.54, 1.807) is 24.3 Å². The molecule has 1 aromatic carbocycles. The molecule has 0 saturated carbocycles. The van der Waals surface area contributed by atoms with Crippen LogP contribution in [0.5, 0.6) is 0 Å². The van der Waals surface area contributed by atoms with Crippen LogP contribution in [0.25, 0.3) is 0 Å². The Kier molecular flexibility index (Phi) is 7.33. The second-order valence-corrected chi connectivity index (χ2v) is 10.1. The highest BCUT2D eigenvalue weighted by molar-refractivity contribution is 8.87. The van der Waals surface area contributed by atoms with Gasteiger partial charge in [-0.2, -0.15) is 0 Å². The zero-order chi connectivity index (χ0) is 16.8. The van der Waals surface area contributed by atoms with Crippen molar-refractivity contribution in [1.29, 1.82) is 0 Å². The van der Waals surface area contributed by atoms with Gasteiger partial charge in [-0.05, 0) is 18.0 Å². The van der Waals surface area contributed by atoms with E-state index in [-0.39, 0.29) is 15.6 Å². The summed E-state index contributed by atoms with van der Waals surface area (Å²) in [5.74, 6) is 3.53. The Labute approximate surface area is 140 Å². The number of hydrogen-bond acceptors (Lipinski definition) is 7. The fraction of sp³-hybridized carbons (Fsp3) is 0.167. The molecule has 0 bridgehead atoms. The second kappa shape index (κ2) is 8.51. The Balaban J connectivity index is 0.000000225. The zero-order valence-corrected chi connectivity index (χ0v) is 15.0. The first-order valence-corrected chi connectivity index (χ1v) is 11.0. The summed E-state index contributed by atoms with van der Waals surface area (Å²) in [7, 11) is 3.20. The van der Waals surface area contributed by atoms with Crippen molar-refractivity contribution in [2.75, 3.05) is 14.1 Å². The summed E-state index contributed by atoms with van der Waals surface area (Å²) in [4.78, 5) is 32.8. The van der Waals surface area contributed by atoms with E-state index in [1.165, 1.54) is 14.1 Å². The number of carbonyl (C=O) groups excluding carboxylic acids is 3. The molecule has 0 fully saturated rings. The monoisotopic (exact) mass is 378 g/mol. The molecule has 1 atom stereocenters. The predicted molar refractivity (Wildman–Crippen MR) is 96.0 cm³/mol. The van der Waals surface area contributed by atoms with E-state index < -0.39 is 8.55 Å². The lowest BCUT2D eigenvalue weighted by atomic mass is 10.2. The third-order valence-corrected chi connectivity index (χ3v) is 7.67. The van der Waals surface area contributed by atoms with Gasteiger partial charge in [0.25, 0.3) is 10.5 Å². The highest BCUT2D eigenvalue weighted by atomic mass is 33.1. The van der Waals surface area contributed by atoms with Gasteiger partial charge in [0.1, 0.15) is 0 Å². The smallest absolute Gasteiger partial charge is 0.289 e. The van der Waals surface area contributed by atoms with Gasteiger partial charge in [0.05, 0.1) is 13.4 Å². The van der Waals surface area contributed by atoms with E-state index in [0.29, 0.717) is 10.5 Å². The number of fused-ring (bicyclic) bond motifs is 1. The maximum Gasteiger partial charge on any atom is 0.289 e. The van der Waals surface area contributed by atoms with Crippen molar-refractivity contribution in [1.82, 2.24) is 10.6 Å². The summed E-state index contributed by atoms with van der Waals surface area (Å²) in [6, 6.07) is 6.91. The predicted octanol–water partition coefficient (Wildman–Crippen LogP) is 2.61. The quantitative estimate of drug-likeness (QED) is 0.529. The molecule has 0 spiro atoms. The van der Waals surface area contributed by atoms with Gasteiger partial charge in [-0.1, -0.05) is 12.1 Å². The third kappa shape index (κ3) is 5.27. The van der Waals surface area contributed by atoms with Crippen molar-refractivity contribution in [2.24, 2.45) is 0 Å². The molecule has 2 N–H and O–H groups in total. The van der Waals surface area contributed by atoms with Gasteiger partial charge in [-0.3, -0.25) is 18.6 Å². The Morgan fingerprint density at radius 2 is 1.64 bits per heavy atom. The number of nitrogens with one attached hydrogen (secondary N) is 2. The molecule has 0 saturated heterocycles. The minimum Gasteiger partial charge on any atom is -0.349 e. The van der Waals surface area contributed by atoms with Crippen LogP contribution >= 0.6 is 32.4 Å². The van der Waals surface area contributed by atoms with Crippen LogP contribution in [0.15, 0.2) is 29.2 Å². The first-order chi connectivity index (χ1) is 10.3. The number of amides is 2. The van der Waals surface area contributed by atoms with Crippen molar-refractivity contribution in [2.45, 2.75) is 4.90 Å². The van der Waals surface area contributed by atoms with Gasteiger partial charge >= 0.3 is 0 Å². The number of carbonyl (C=O) groups is 3. The summed E-state index contributed by atoms with van der Waals surface area (Å²) in [5.41, 5.74) is 0.544. The van der Waals surface area contributed by atoms with Crippen LogP contribution in [-0.2, 0) is 8.55 Å².